The quantitative estimate of drug-likeness (QED) is 0.594. The molecule has 1 aliphatic heterocycles. The van der Waals surface area contributed by atoms with Crippen LogP contribution in [-0.4, -0.2) is 45.7 Å². The topological polar surface area (TPSA) is 54.0 Å². The van der Waals surface area contributed by atoms with Gasteiger partial charge in [-0.15, -0.1) is 0 Å². The van der Waals surface area contributed by atoms with Gasteiger partial charge in [-0.25, -0.2) is 0 Å². The maximum Gasteiger partial charge on any atom is 0.257 e. The Balaban J connectivity index is 1.63. The molecule has 0 aromatic heterocycles. The van der Waals surface area contributed by atoms with Gasteiger partial charge in [0.25, 0.3) is 5.91 Å². The van der Waals surface area contributed by atoms with E-state index < -0.39 is 0 Å². The van der Waals surface area contributed by atoms with Gasteiger partial charge < -0.3 is 24.6 Å². The lowest BCUT2D eigenvalue weighted by Gasteiger charge is -2.38. The van der Waals surface area contributed by atoms with Crippen molar-refractivity contribution in [1.82, 2.24) is 4.90 Å². The second-order valence-corrected chi connectivity index (χ2v) is 8.02. The van der Waals surface area contributed by atoms with E-state index in [4.69, 9.17) is 9.47 Å². The van der Waals surface area contributed by atoms with Gasteiger partial charge in [-0.1, -0.05) is 30.3 Å². The summed E-state index contributed by atoms with van der Waals surface area (Å²) in [7, 11) is 7.29. The monoisotopic (exact) mass is 431 g/mol. The van der Waals surface area contributed by atoms with Crippen molar-refractivity contribution in [2.75, 3.05) is 45.1 Å². The molecular weight excluding hydrogens is 402 g/mol. The van der Waals surface area contributed by atoms with E-state index in [1.807, 2.05) is 61.5 Å². The first-order chi connectivity index (χ1) is 15.5. The standard InChI is InChI=1S/C26H29N3O3/c1-28(2)20-12-10-19(11-13-20)25-27-22-8-6-5-7-21(22)26(30)29(25)16-15-18-9-14-23(31-3)24(17-18)32-4/h5-14,17,25,27H,15-16H2,1-4H3/t25-/m1/s1. The summed E-state index contributed by atoms with van der Waals surface area (Å²) >= 11 is 0. The first-order valence-electron chi connectivity index (χ1n) is 10.7. The van der Waals surface area contributed by atoms with Crippen LogP contribution in [0.25, 0.3) is 0 Å². The molecule has 6 heteroatoms. The smallest absolute Gasteiger partial charge is 0.257 e. The van der Waals surface area contributed by atoms with Crippen LogP contribution < -0.4 is 19.7 Å². The van der Waals surface area contributed by atoms with Crippen LogP contribution in [0.2, 0.25) is 0 Å². The molecule has 1 atom stereocenters. The van der Waals surface area contributed by atoms with Crippen LogP contribution >= 0.6 is 0 Å². The number of ether oxygens (including phenoxy) is 2. The minimum Gasteiger partial charge on any atom is -0.493 e. The Morgan fingerprint density at radius 1 is 0.938 bits per heavy atom. The van der Waals surface area contributed by atoms with Crippen molar-refractivity contribution in [3.8, 4) is 11.5 Å². The Kier molecular flexibility index (Phi) is 6.21. The second-order valence-electron chi connectivity index (χ2n) is 8.02. The number of carbonyl (C=O) groups excluding carboxylic acids is 1. The van der Waals surface area contributed by atoms with Crippen LogP contribution in [0.1, 0.15) is 27.7 Å². The molecule has 1 amide bonds. The Labute approximate surface area is 189 Å². The second kappa shape index (κ2) is 9.22. The van der Waals surface area contributed by atoms with Gasteiger partial charge in [-0.2, -0.15) is 0 Å². The van der Waals surface area contributed by atoms with Crippen molar-refractivity contribution in [2.24, 2.45) is 0 Å². The highest BCUT2D eigenvalue weighted by Gasteiger charge is 2.32. The van der Waals surface area contributed by atoms with Crippen molar-refractivity contribution in [1.29, 1.82) is 0 Å². The SMILES string of the molecule is COc1ccc(CCN2C(=O)c3ccccc3N[C@H]2c2ccc(N(C)C)cc2)cc1OC. The summed E-state index contributed by atoms with van der Waals surface area (Å²) in [5.41, 5.74) is 4.80. The van der Waals surface area contributed by atoms with E-state index in [1.165, 1.54) is 0 Å². The molecule has 6 nitrogen and oxygen atoms in total. The van der Waals surface area contributed by atoms with Gasteiger partial charge in [-0.05, 0) is 53.9 Å². The van der Waals surface area contributed by atoms with E-state index >= 15 is 0 Å². The molecule has 1 aliphatic rings. The number of nitrogens with one attached hydrogen (secondary N) is 1. The van der Waals surface area contributed by atoms with Crippen LogP contribution in [-0.2, 0) is 6.42 Å². The van der Waals surface area contributed by atoms with Crippen molar-refractivity contribution in [3.05, 3.63) is 83.4 Å². The Hall–Kier alpha value is -3.67. The number of rotatable bonds is 7. The van der Waals surface area contributed by atoms with E-state index in [9.17, 15) is 4.79 Å². The highest BCUT2D eigenvalue weighted by Crippen LogP contribution is 2.34. The highest BCUT2D eigenvalue weighted by molar-refractivity contribution is 6.01. The third-order valence-electron chi connectivity index (χ3n) is 5.84. The number of methoxy groups -OCH3 is 2. The molecule has 1 heterocycles. The summed E-state index contributed by atoms with van der Waals surface area (Å²) in [5, 5.41) is 3.57. The van der Waals surface area contributed by atoms with Gasteiger partial charge in [0, 0.05) is 32.0 Å². The number of nitrogens with zero attached hydrogens (tertiary/aromatic N) is 2. The molecule has 166 valence electrons. The minimum absolute atomic E-state index is 0.0292. The summed E-state index contributed by atoms with van der Waals surface area (Å²) in [6, 6.07) is 21.9. The lowest BCUT2D eigenvalue weighted by atomic mass is 10.0. The number of benzene rings is 3. The molecule has 0 bridgehead atoms. The number of para-hydroxylation sites is 1. The Morgan fingerprint density at radius 3 is 2.34 bits per heavy atom. The molecule has 3 aromatic rings. The highest BCUT2D eigenvalue weighted by atomic mass is 16.5. The van der Waals surface area contributed by atoms with Crippen molar-refractivity contribution in [2.45, 2.75) is 12.6 Å². The first kappa shape index (κ1) is 21.6. The maximum atomic E-state index is 13.5. The van der Waals surface area contributed by atoms with Crippen LogP contribution in [0.3, 0.4) is 0 Å². The molecule has 3 aromatic carbocycles. The molecule has 0 unspecified atom stereocenters. The number of hydrogen-bond donors (Lipinski definition) is 1. The predicted molar refractivity (Wildman–Crippen MR) is 128 cm³/mol. The van der Waals surface area contributed by atoms with Gasteiger partial charge in [0.1, 0.15) is 6.17 Å². The lowest BCUT2D eigenvalue weighted by Crippen LogP contribution is -2.44. The molecule has 4 rings (SSSR count). The van der Waals surface area contributed by atoms with Crippen molar-refractivity contribution in [3.63, 3.8) is 0 Å². The van der Waals surface area contributed by atoms with Crippen LogP contribution in [0.4, 0.5) is 11.4 Å². The summed E-state index contributed by atoms with van der Waals surface area (Å²) in [6.07, 6.45) is 0.455. The van der Waals surface area contributed by atoms with E-state index in [0.717, 1.165) is 22.5 Å². The maximum absolute atomic E-state index is 13.5. The number of anilines is 2. The molecule has 0 saturated heterocycles. The van der Waals surface area contributed by atoms with Gasteiger partial charge in [0.15, 0.2) is 11.5 Å². The normalized spacial score (nSPS) is 15.1. The van der Waals surface area contributed by atoms with E-state index in [2.05, 4.69) is 34.5 Å². The summed E-state index contributed by atoms with van der Waals surface area (Å²) in [4.78, 5) is 17.4. The third-order valence-corrected chi connectivity index (χ3v) is 5.84. The third kappa shape index (κ3) is 4.21. The summed E-state index contributed by atoms with van der Waals surface area (Å²) < 4.78 is 10.8. The van der Waals surface area contributed by atoms with E-state index in [0.29, 0.717) is 30.0 Å². The molecule has 0 saturated carbocycles. The number of fused-ring (bicyclic) bond motifs is 1. The molecule has 0 radical (unpaired) electrons. The summed E-state index contributed by atoms with van der Waals surface area (Å²) in [6.45, 7) is 0.565. The van der Waals surface area contributed by atoms with Gasteiger partial charge >= 0.3 is 0 Å². The molecule has 0 aliphatic carbocycles. The van der Waals surface area contributed by atoms with Crippen LogP contribution in [0.5, 0.6) is 11.5 Å². The van der Waals surface area contributed by atoms with Gasteiger partial charge in [0.05, 0.1) is 19.8 Å². The average Bonchev–Trinajstić information content (AvgIpc) is 2.83. The average molecular weight is 432 g/mol. The fourth-order valence-electron chi connectivity index (χ4n) is 4.03. The largest absolute Gasteiger partial charge is 0.493 e. The Morgan fingerprint density at radius 2 is 1.66 bits per heavy atom. The Bertz CT molecular complexity index is 1100. The van der Waals surface area contributed by atoms with Crippen LogP contribution in [0.15, 0.2) is 66.7 Å². The van der Waals surface area contributed by atoms with Gasteiger partial charge in [0.2, 0.25) is 0 Å². The minimum atomic E-state index is -0.242. The molecule has 32 heavy (non-hydrogen) atoms. The zero-order valence-electron chi connectivity index (χ0n) is 19.0. The summed E-state index contributed by atoms with van der Waals surface area (Å²) in [5.74, 6) is 1.41. The molecule has 1 N–H and O–H groups in total. The first-order valence-corrected chi connectivity index (χ1v) is 10.7. The van der Waals surface area contributed by atoms with Crippen molar-refractivity contribution < 1.29 is 14.3 Å². The molecular formula is C26H29N3O3. The number of amides is 1. The molecule has 0 spiro atoms. The zero-order valence-corrected chi connectivity index (χ0v) is 19.0. The van der Waals surface area contributed by atoms with Gasteiger partial charge in [-0.3, -0.25) is 4.79 Å². The fraction of sp³-hybridized carbons (Fsp3) is 0.269. The zero-order chi connectivity index (χ0) is 22.7. The van der Waals surface area contributed by atoms with E-state index in [1.54, 1.807) is 14.2 Å². The fourth-order valence-corrected chi connectivity index (χ4v) is 4.03. The number of carbonyl (C=O) groups is 1. The lowest BCUT2D eigenvalue weighted by molar-refractivity contribution is 0.0685. The number of hydrogen-bond acceptors (Lipinski definition) is 5. The van der Waals surface area contributed by atoms with E-state index in [-0.39, 0.29) is 12.1 Å². The predicted octanol–water partition coefficient (Wildman–Crippen LogP) is 4.58. The van der Waals surface area contributed by atoms with Crippen LogP contribution in [0, 0.1) is 0 Å². The molecule has 0 fully saturated rings. The van der Waals surface area contributed by atoms with Crippen molar-refractivity contribution >= 4 is 17.3 Å².